The van der Waals surface area contributed by atoms with Crippen LogP contribution in [0.1, 0.15) is 384 Å². The molecule has 2 atom stereocenters. The van der Waals surface area contributed by atoms with Crippen molar-refractivity contribution in [3.63, 3.8) is 0 Å². The minimum Gasteiger partial charge on any atom is -0.377 e. The fourth-order valence-electron chi connectivity index (χ4n) is 25.9. The Hall–Kier alpha value is -0.240. The van der Waals surface area contributed by atoms with Gasteiger partial charge in [0.05, 0.1) is 36.6 Å². The monoisotopic (exact) mass is 1240 g/mol. The first-order valence-electron chi connectivity index (χ1n) is 40.7. The molecule has 0 bridgehead atoms. The van der Waals surface area contributed by atoms with Crippen molar-refractivity contribution in [1.82, 2.24) is 0 Å². The Morgan fingerprint density at radius 3 is 0.472 bits per heavy atom. The first-order chi connectivity index (χ1) is 43.0. The van der Waals surface area contributed by atoms with Gasteiger partial charge in [0.15, 0.2) is 0 Å². The largest absolute Gasteiger partial charge is 0.377 e. The first-order valence-corrected chi connectivity index (χ1v) is 40.7. The molecular weight excluding hydrogens is 1090 g/mol. The van der Waals surface area contributed by atoms with E-state index in [0.717, 1.165) is 39.6 Å². The minimum absolute atomic E-state index is 0.410. The third kappa shape index (κ3) is 14.0. The number of rotatable bonds is 12. The molecule has 16 rings (SSSR count). The van der Waals surface area contributed by atoms with Crippen LogP contribution >= 0.6 is 0 Å². The molecule has 6 nitrogen and oxygen atoms in total. The van der Waals surface area contributed by atoms with Crippen LogP contribution in [0, 0.1) is 65.0 Å². The molecule has 10 spiro atoms. The van der Waals surface area contributed by atoms with Crippen molar-refractivity contribution in [3.8, 4) is 0 Å². The van der Waals surface area contributed by atoms with Crippen LogP contribution in [0.15, 0.2) is 0 Å². The highest BCUT2D eigenvalue weighted by atomic mass is 16.5. The Balaban J connectivity index is 0.000000111. The summed E-state index contributed by atoms with van der Waals surface area (Å²) in [6.07, 6.45) is 74.5. The first kappa shape index (κ1) is 70.1. The van der Waals surface area contributed by atoms with E-state index >= 15 is 0 Å². The average molecular weight is 1240 g/mol. The van der Waals surface area contributed by atoms with Gasteiger partial charge >= 0.3 is 0 Å². The predicted molar refractivity (Wildman–Crippen MR) is 371 cm³/mol. The second-order valence-corrected chi connectivity index (χ2v) is 36.6. The molecule has 0 heterocycles. The molecule has 2 unspecified atom stereocenters. The Morgan fingerprint density at radius 1 is 0.169 bits per heavy atom. The summed E-state index contributed by atoms with van der Waals surface area (Å²) in [5, 5.41) is 0. The summed E-state index contributed by atoms with van der Waals surface area (Å²) >= 11 is 0. The summed E-state index contributed by atoms with van der Waals surface area (Å²) in [4.78, 5) is 0. The molecule has 0 aromatic heterocycles. The normalized spacial score (nSPS) is 33.0. The topological polar surface area (TPSA) is 55.4 Å². The fourth-order valence-corrected chi connectivity index (χ4v) is 25.9. The quantitative estimate of drug-likeness (QED) is 0.194. The molecule has 0 amide bonds. The highest BCUT2D eigenvalue weighted by Gasteiger charge is 2.68. The van der Waals surface area contributed by atoms with Gasteiger partial charge in [0.1, 0.15) is 0 Å². The maximum Gasteiger partial charge on any atom is 0.0687 e. The van der Waals surface area contributed by atoms with Crippen LogP contribution in [0.5, 0.6) is 0 Å². The molecule has 0 N–H and O–H groups in total. The van der Waals surface area contributed by atoms with E-state index in [0.29, 0.717) is 102 Å². The smallest absolute Gasteiger partial charge is 0.0687 e. The third-order valence-electron chi connectivity index (χ3n) is 30.8. The van der Waals surface area contributed by atoms with Crippen molar-refractivity contribution in [2.24, 2.45) is 65.0 Å². The lowest BCUT2D eigenvalue weighted by molar-refractivity contribution is -0.130. The van der Waals surface area contributed by atoms with Crippen molar-refractivity contribution in [2.45, 2.75) is 420 Å². The summed E-state index contributed by atoms with van der Waals surface area (Å²) in [5.41, 5.74) is 7.02. The third-order valence-corrected chi connectivity index (χ3v) is 30.8. The molecule has 0 radical (unpaired) electrons. The van der Waals surface area contributed by atoms with Crippen LogP contribution in [0.25, 0.3) is 0 Å². The van der Waals surface area contributed by atoms with E-state index in [1.54, 1.807) is 0 Å². The van der Waals surface area contributed by atoms with Crippen molar-refractivity contribution < 1.29 is 28.4 Å². The van der Waals surface area contributed by atoms with E-state index in [9.17, 15) is 0 Å². The van der Waals surface area contributed by atoms with Gasteiger partial charge in [0.25, 0.3) is 0 Å². The second-order valence-electron chi connectivity index (χ2n) is 36.6. The van der Waals surface area contributed by atoms with Crippen molar-refractivity contribution >= 4 is 0 Å². The van der Waals surface area contributed by atoms with Gasteiger partial charge in [0, 0.05) is 39.6 Å². The van der Waals surface area contributed by atoms with Gasteiger partial charge in [-0.1, -0.05) is 137 Å². The number of ether oxygens (including phenoxy) is 6. The molecule has 0 aliphatic heterocycles. The molecule has 0 aromatic rings. The van der Waals surface area contributed by atoms with Crippen molar-refractivity contribution in [3.05, 3.63) is 0 Å². The highest BCUT2D eigenvalue weighted by Crippen LogP contribution is 2.73. The zero-order valence-electron chi connectivity index (χ0n) is 60.8. The SMILES string of the molecule is CCOC1C(C)(C)CCC12CCCC2.CCOC1C(C)(C)CCC12CCCCC2.CCOC1C2(CC2)CCC12CC2.CCOC1C2(CCC2)CCC12CCC2.CCOC1C2(CCCC2)CCC12CCCC2.CCOC1C2(CCCCC2)CCC12CCCCC2. The Labute approximate surface area is 550 Å². The van der Waals surface area contributed by atoms with E-state index in [4.69, 9.17) is 28.4 Å². The van der Waals surface area contributed by atoms with Crippen LogP contribution < -0.4 is 0 Å². The van der Waals surface area contributed by atoms with Gasteiger partial charge in [-0.25, -0.2) is 0 Å². The number of hydrogen-bond acceptors (Lipinski definition) is 6. The van der Waals surface area contributed by atoms with E-state index in [-0.39, 0.29) is 0 Å². The van der Waals surface area contributed by atoms with E-state index < -0.39 is 0 Å². The predicted octanol–water partition coefficient (Wildman–Crippen LogP) is 23.6. The minimum atomic E-state index is 0.410. The molecule has 89 heavy (non-hydrogen) atoms. The van der Waals surface area contributed by atoms with E-state index in [1.807, 2.05) is 0 Å². The lowest BCUT2D eigenvalue weighted by Crippen LogP contribution is -2.48. The van der Waals surface area contributed by atoms with Gasteiger partial charge in [-0.3, -0.25) is 0 Å². The van der Waals surface area contributed by atoms with Gasteiger partial charge in [-0.2, -0.15) is 0 Å². The second kappa shape index (κ2) is 29.1. The van der Waals surface area contributed by atoms with E-state index in [2.05, 4.69) is 69.2 Å². The molecule has 16 aliphatic rings. The van der Waals surface area contributed by atoms with Crippen molar-refractivity contribution in [1.29, 1.82) is 0 Å². The Morgan fingerprint density at radius 2 is 0.303 bits per heavy atom. The molecular formula is C83H146O6. The number of hydrogen-bond donors (Lipinski definition) is 0. The molecule has 6 heteroatoms. The summed E-state index contributed by atoms with van der Waals surface area (Å²) in [5.74, 6) is 0. The van der Waals surface area contributed by atoms with Crippen LogP contribution in [0.2, 0.25) is 0 Å². The van der Waals surface area contributed by atoms with Gasteiger partial charge in [-0.15, -0.1) is 0 Å². The van der Waals surface area contributed by atoms with Crippen LogP contribution in [0.4, 0.5) is 0 Å². The average Bonchev–Trinajstić information content (AvgIpc) is 1.55. The molecule has 514 valence electrons. The fraction of sp³-hybridized carbons (Fsp3) is 1.00. The van der Waals surface area contributed by atoms with Gasteiger partial charge in [-0.05, 0) is 312 Å². The zero-order valence-corrected chi connectivity index (χ0v) is 60.8. The standard InChI is InChI=1S/C17H30O.C15H26O.C14H26O.C13H22O.C13H24O.C11H18O/c1-2-18-15-16(9-5-3-6-10-16)13-14-17(15)11-7-4-8-12-17;1-2-16-13-14(7-3-4-8-14)11-12-15(13)9-5-6-10-15;1-4-15-12-13(2,3)10-11-14(12)8-6-5-7-9-14;1-2-14-11-12(5-3-6-12)9-10-13(11)7-4-8-13;1-4-14-11-12(2,3)9-10-13(11)7-5-6-8-13;1-2-12-9-10(3-4-10)7-8-11(9)5-6-11/h15H,2-14H2,1H3;13H,2-12H2,1H3;12H,4-11H2,1-3H3;11H,2-10H2,1H3;11H,4-10H2,1-3H3;9H,2-8H2,1H3. The molecule has 16 fully saturated rings. The lowest BCUT2D eigenvalue weighted by atomic mass is 9.59. The van der Waals surface area contributed by atoms with Crippen LogP contribution in [0.3, 0.4) is 0 Å². The highest BCUT2D eigenvalue weighted by molar-refractivity contribution is 5.18. The molecule has 0 saturated heterocycles. The van der Waals surface area contributed by atoms with Crippen LogP contribution in [-0.4, -0.2) is 76.3 Å². The Kier molecular flexibility index (Phi) is 22.9. The molecule has 16 aliphatic carbocycles. The summed E-state index contributed by atoms with van der Waals surface area (Å²) in [6, 6.07) is 0. The van der Waals surface area contributed by atoms with Crippen LogP contribution in [-0.2, 0) is 28.4 Å². The van der Waals surface area contributed by atoms with Gasteiger partial charge in [0.2, 0.25) is 0 Å². The van der Waals surface area contributed by atoms with Gasteiger partial charge < -0.3 is 28.4 Å². The summed E-state index contributed by atoms with van der Waals surface area (Å²) in [6.45, 7) is 28.0. The molecule has 0 aromatic carbocycles. The zero-order chi connectivity index (χ0) is 62.6. The summed E-state index contributed by atoms with van der Waals surface area (Å²) < 4.78 is 36.9. The lowest BCUT2D eigenvalue weighted by Gasteiger charge is -2.51. The maximum absolute atomic E-state index is 6.39. The molecule has 16 saturated carbocycles. The summed E-state index contributed by atoms with van der Waals surface area (Å²) in [7, 11) is 0. The Bertz CT molecular complexity index is 2040. The maximum atomic E-state index is 6.39. The van der Waals surface area contributed by atoms with E-state index in [1.165, 1.54) is 315 Å². The van der Waals surface area contributed by atoms with Crippen molar-refractivity contribution in [2.75, 3.05) is 39.6 Å².